The molecule has 0 fully saturated rings. The van der Waals surface area contributed by atoms with Gasteiger partial charge in [-0.05, 0) is 12.5 Å². The molecule has 0 aromatic heterocycles. The average molecular weight is 304 g/mol. The maximum absolute atomic E-state index is 12.4. The first kappa shape index (κ1) is 15.5. The Hall–Kier alpha value is -2.90. The second-order valence-corrected chi connectivity index (χ2v) is 5.12. The highest BCUT2D eigenvalue weighted by molar-refractivity contribution is 5.98. The first-order valence-corrected chi connectivity index (χ1v) is 6.55. The number of nitrogens with one attached hydrogen (secondary N) is 2. The van der Waals surface area contributed by atoms with Crippen LogP contribution in [0.15, 0.2) is 35.5 Å². The number of carbonyl (C=O) groups excluding carboxylic acids is 2. The number of nitro benzene ring substituents is 1. The van der Waals surface area contributed by atoms with E-state index in [9.17, 15) is 19.7 Å². The number of hydrogen-bond acceptors (Lipinski definition) is 4. The molecule has 8 nitrogen and oxygen atoms in total. The molecular weight excluding hydrogens is 288 g/mol. The van der Waals surface area contributed by atoms with E-state index in [0.717, 1.165) is 0 Å². The molecule has 3 amide bonds. The van der Waals surface area contributed by atoms with Crippen LogP contribution < -0.4 is 10.6 Å². The van der Waals surface area contributed by atoms with E-state index in [0.29, 0.717) is 16.8 Å². The number of hydrogen-bond donors (Lipinski definition) is 2. The molecule has 1 heterocycles. The van der Waals surface area contributed by atoms with Crippen LogP contribution in [-0.4, -0.2) is 35.9 Å². The number of likely N-dealkylation sites (N-methyl/N-ethyl adjacent to an activating group) is 1. The third kappa shape index (κ3) is 2.90. The smallest absolute Gasteiger partial charge is 0.319 e. The summed E-state index contributed by atoms with van der Waals surface area (Å²) in [6.07, 6.45) is 0. The van der Waals surface area contributed by atoms with Crippen molar-refractivity contribution in [1.29, 1.82) is 0 Å². The van der Waals surface area contributed by atoms with Gasteiger partial charge in [0.15, 0.2) is 0 Å². The number of rotatable bonds is 3. The van der Waals surface area contributed by atoms with E-state index >= 15 is 0 Å². The molecular formula is C14H16N4O4. The van der Waals surface area contributed by atoms with Crippen molar-refractivity contribution in [3.63, 3.8) is 0 Å². The molecule has 0 spiro atoms. The Morgan fingerprint density at radius 1 is 1.36 bits per heavy atom. The molecule has 22 heavy (non-hydrogen) atoms. The van der Waals surface area contributed by atoms with E-state index in [4.69, 9.17) is 0 Å². The van der Waals surface area contributed by atoms with Crippen LogP contribution in [0.1, 0.15) is 18.5 Å². The lowest BCUT2D eigenvalue weighted by atomic mass is 9.94. The topological polar surface area (TPSA) is 105 Å². The number of nitro groups is 1. The number of carbonyl (C=O) groups is 2. The van der Waals surface area contributed by atoms with Gasteiger partial charge in [0.25, 0.3) is 11.6 Å². The zero-order chi connectivity index (χ0) is 16.4. The minimum absolute atomic E-state index is 0.0976. The van der Waals surface area contributed by atoms with E-state index in [-0.39, 0.29) is 11.6 Å². The van der Waals surface area contributed by atoms with E-state index < -0.39 is 17.0 Å². The van der Waals surface area contributed by atoms with Crippen LogP contribution in [-0.2, 0) is 4.79 Å². The highest BCUT2D eigenvalue weighted by Crippen LogP contribution is 2.29. The van der Waals surface area contributed by atoms with Crippen LogP contribution in [0, 0.1) is 10.1 Å². The Kier molecular flexibility index (Phi) is 4.11. The molecule has 0 bridgehead atoms. The van der Waals surface area contributed by atoms with Crippen molar-refractivity contribution in [3.05, 3.63) is 51.2 Å². The Labute approximate surface area is 126 Å². The molecule has 0 saturated carbocycles. The van der Waals surface area contributed by atoms with E-state index in [1.165, 1.54) is 23.1 Å². The molecule has 0 aliphatic carbocycles. The SMILES string of the molecule is CC1=C(C(=O)N(C)C)C(c2cccc([N+](=O)[O-])c2)NC(=O)N1. The van der Waals surface area contributed by atoms with Gasteiger partial charge >= 0.3 is 6.03 Å². The Morgan fingerprint density at radius 2 is 2.05 bits per heavy atom. The predicted octanol–water partition coefficient (Wildman–Crippen LogP) is 1.31. The zero-order valence-corrected chi connectivity index (χ0v) is 12.4. The Morgan fingerprint density at radius 3 is 2.64 bits per heavy atom. The molecule has 1 aliphatic heterocycles. The average Bonchev–Trinajstić information content (AvgIpc) is 2.45. The van der Waals surface area contributed by atoms with Gasteiger partial charge in [0.1, 0.15) is 0 Å². The van der Waals surface area contributed by atoms with E-state index in [2.05, 4.69) is 10.6 Å². The lowest BCUT2D eigenvalue weighted by Gasteiger charge is -2.29. The van der Waals surface area contributed by atoms with E-state index in [1.54, 1.807) is 27.1 Å². The fourth-order valence-corrected chi connectivity index (χ4v) is 2.29. The normalized spacial score (nSPS) is 17.6. The Bertz CT molecular complexity index is 681. The molecule has 2 N–H and O–H groups in total. The molecule has 116 valence electrons. The zero-order valence-electron chi connectivity index (χ0n) is 12.4. The molecule has 8 heteroatoms. The van der Waals surface area contributed by atoms with Crippen molar-refractivity contribution in [1.82, 2.24) is 15.5 Å². The summed E-state index contributed by atoms with van der Waals surface area (Å²) in [5, 5.41) is 16.1. The number of benzene rings is 1. The number of amides is 3. The van der Waals surface area contributed by atoms with Crippen LogP contribution in [0.3, 0.4) is 0 Å². The van der Waals surface area contributed by atoms with Crippen LogP contribution in [0.5, 0.6) is 0 Å². The second kappa shape index (κ2) is 5.84. The molecule has 1 atom stereocenters. The summed E-state index contributed by atoms with van der Waals surface area (Å²) >= 11 is 0. The molecule has 0 radical (unpaired) electrons. The van der Waals surface area contributed by atoms with Crippen molar-refractivity contribution in [2.75, 3.05) is 14.1 Å². The molecule has 0 saturated heterocycles. The number of allylic oxidation sites excluding steroid dienone is 1. The minimum atomic E-state index is -0.733. The fraction of sp³-hybridized carbons (Fsp3) is 0.286. The standard InChI is InChI=1S/C14H16N4O4/c1-8-11(13(19)17(2)3)12(16-14(20)15-8)9-5-4-6-10(7-9)18(21)22/h4-7,12H,1-3H3,(H2,15,16,20). The summed E-state index contributed by atoms with van der Waals surface area (Å²) in [5.41, 5.74) is 1.16. The first-order chi connectivity index (χ1) is 10.3. The van der Waals surface area contributed by atoms with Crippen molar-refractivity contribution >= 4 is 17.6 Å². The van der Waals surface area contributed by atoms with Crippen molar-refractivity contribution in [2.45, 2.75) is 13.0 Å². The molecule has 1 aromatic carbocycles. The largest absolute Gasteiger partial charge is 0.345 e. The predicted molar refractivity (Wildman–Crippen MR) is 78.9 cm³/mol. The van der Waals surface area contributed by atoms with Crippen LogP contribution in [0.25, 0.3) is 0 Å². The lowest BCUT2D eigenvalue weighted by molar-refractivity contribution is -0.384. The van der Waals surface area contributed by atoms with E-state index in [1.807, 2.05) is 0 Å². The quantitative estimate of drug-likeness (QED) is 0.649. The molecule has 1 unspecified atom stereocenters. The van der Waals surface area contributed by atoms with Crippen molar-refractivity contribution in [3.8, 4) is 0 Å². The molecule has 2 rings (SSSR count). The summed E-state index contributed by atoms with van der Waals surface area (Å²) < 4.78 is 0. The number of urea groups is 1. The summed E-state index contributed by atoms with van der Waals surface area (Å²) in [7, 11) is 3.20. The highest BCUT2D eigenvalue weighted by Gasteiger charge is 2.32. The maximum Gasteiger partial charge on any atom is 0.319 e. The van der Waals surface area contributed by atoms with Gasteiger partial charge in [0, 0.05) is 31.9 Å². The molecule has 1 aliphatic rings. The third-order valence-electron chi connectivity index (χ3n) is 3.32. The fourth-order valence-electron chi connectivity index (χ4n) is 2.29. The van der Waals surface area contributed by atoms with Crippen molar-refractivity contribution < 1.29 is 14.5 Å². The maximum atomic E-state index is 12.4. The Balaban J connectivity index is 2.52. The third-order valence-corrected chi connectivity index (χ3v) is 3.32. The number of non-ortho nitro benzene ring substituents is 1. The van der Waals surface area contributed by atoms with Gasteiger partial charge in [-0.25, -0.2) is 4.79 Å². The van der Waals surface area contributed by atoms with Crippen LogP contribution in [0.4, 0.5) is 10.5 Å². The van der Waals surface area contributed by atoms with Gasteiger partial charge in [0.2, 0.25) is 0 Å². The van der Waals surface area contributed by atoms with Gasteiger partial charge in [-0.3, -0.25) is 14.9 Å². The first-order valence-electron chi connectivity index (χ1n) is 6.55. The second-order valence-electron chi connectivity index (χ2n) is 5.12. The van der Waals surface area contributed by atoms with Gasteiger partial charge < -0.3 is 15.5 Å². The monoisotopic (exact) mass is 304 g/mol. The van der Waals surface area contributed by atoms with Gasteiger partial charge in [0.05, 0.1) is 16.5 Å². The van der Waals surface area contributed by atoms with Gasteiger partial charge in [-0.15, -0.1) is 0 Å². The highest BCUT2D eigenvalue weighted by atomic mass is 16.6. The summed E-state index contributed by atoms with van der Waals surface area (Å²) in [4.78, 5) is 35.8. The number of nitrogens with zero attached hydrogens (tertiary/aromatic N) is 2. The van der Waals surface area contributed by atoms with Crippen molar-refractivity contribution in [2.24, 2.45) is 0 Å². The lowest BCUT2D eigenvalue weighted by Crippen LogP contribution is -2.46. The van der Waals surface area contributed by atoms with Crippen LogP contribution >= 0.6 is 0 Å². The summed E-state index contributed by atoms with van der Waals surface area (Å²) in [5.74, 6) is -0.276. The van der Waals surface area contributed by atoms with Gasteiger partial charge in [-0.1, -0.05) is 12.1 Å². The summed E-state index contributed by atoms with van der Waals surface area (Å²) in [6.45, 7) is 1.62. The summed E-state index contributed by atoms with van der Waals surface area (Å²) in [6, 6.07) is 4.68. The minimum Gasteiger partial charge on any atom is -0.345 e. The van der Waals surface area contributed by atoms with Crippen LogP contribution in [0.2, 0.25) is 0 Å². The molecule has 1 aromatic rings. The van der Waals surface area contributed by atoms with Gasteiger partial charge in [-0.2, -0.15) is 0 Å².